The Kier molecular flexibility index (Phi) is 6.09. The van der Waals surface area contributed by atoms with Gasteiger partial charge in [-0.05, 0) is 42.5 Å². The maximum Gasteiger partial charge on any atom is 0.387 e. The second-order valence-electron chi connectivity index (χ2n) is 5.57. The fraction of sp³-hybridized carbons (Fsp3) is 0.167. The minimum Gasteiger partial charge on any atom is -0.452 e. The molecule has 0 bridgehead atoms. The first kappa shape index (κ1) is 19.6. The molecule has 0 spiro atoms. The van der Waals surface area contributed by atoms with Crippen LogP contribution in [0.5, 0.6) is 5.75 Å². The van der Waals surface area contributed by atoms with Crippen LogP contribution in [0.1, 0.15) is 10.4 Å². The number of carbonyl (C=O) groups excluding carboxylic acids is 3. The van der Waals surface area contributed by atoms with Gasteiger partial charge in [-0.15, -0.1) is 11.8 Å². The molecular formula is C18H14F2N2O5S. The second-order valence-corrected chi connectivity index (χ2v) is 6.59. The molecule has 0 unspecified atom stereocenters. The Morgan fingerprint density at radius 2 is 1.93 bits per heavy atom. The number of hydrogen-bond acceptors (Lipinski definition) is 6. The predicted molar refractivity (Wildman–Crippen MR) is 97.8 cm³/mol. The quantitative estimate of drug-likeness (QED) is 0.714. The molecule has 1 heterocycles. The van der Waals surface area contributed by atoms with Crippen molar-refractivity contribution in [2.45, 2.75) is 11.5 Å². The summed E-state index contributed by atoms with van der Waals surface area (Å²) < 4.78 is 33.4. The number of thioether (sulfide) groups is 1. The Bertz CT molecular complexity index is 905. The highest BCUT2D eigenvalue weighted by Crippen LogP contribution is 2.32. The summed E-state index contributed by atoms with van der Waals surface area (Å²) in [7, 11) is 0. The lowest BCUT2D eigenvalue weighted by Gasteiger charge is -2.16. The molecule has 0 fully saturated rings. The summed E-state index contributed by atoms with van der Waals surface area (Å²) >= 11 is 1.36. The summed E-state index contributed by atoms with van der Waals surface area (Å²) in [6.07, 6.45) is 0. The number of anilines is 2. The third-order valence-corrected chi connectivity index (χ3v) is 4.62. The molecule has 1 aliphatic heterocycles. The van der Waals surface area contributed by atoms with E-state index in [1.54, 1.807) is 12.1 Å². The molecule has 1 aliphatic rings. The molecule has 146 valence electrons. The zero-order chi connectivity index (χ0) is 20.1. The van der Waals surface area contributed by atoms with Crippen molar-refractivity contribution < 1.29 is 32.6 Å². The highest BCUT2D eigenvalue weighted by atomic mass is 32.2. The van der Waals surface area contributed by atoms with E-state index in [0.29, 0.717) is 17.1 Å². The fourth-order valence-electron chi connectivity index (χ4n) is 2.34. The summed E-state index contributed by atoms with van der Waals surface area (Å²) in [5.41, 5.74) is 1.05. The zero-order valence-corrected chi connectivity index (χ0v) is 15.1. The van der Waals surface area contributed by atoms with Gasteiger partial charge in [0.1, 0.15) is 5.75 Å². The Morgan fingerprint density at radius 1 is 1.18 bits per heavy atom. The van der Waals surface area contributed by atoms with Gasteiger partial charge in [-0.1, -0.05) is 0 Å². The van der Waals surface area contributed by atoms with Crippen LogP contribution in [0.3, 0.4) is 0 Å². The molecule has 0 aromatic heterocycles. The van der Waals surface area contributed by atoms with E-state index in [2.05, 4.69) is 15.4 Å². The normalized spacial score (nSPS) is 12.8. The Morgan fingerprint density at radius 3 is 2.64 bits per heavy atom. The molecule has 2 amide bonds. The Balaban J connectivity index is 1.52. The summed E-state index contributed by atoms with van der Waals surface area (Å²) in [4.78, 5) is 36.3. The van der Waals surface area contributed by atoms with Crippen LogP contribution in [0.25, 0.3) is 0 Å². The Labute approximate surface area is 162 Å². The highest BCUT2D eigenvalue weighted by molar-refractivity contribution is 8.00. The van der Waals surface area contributed by atoms with Crippen molar-refractivity contribution in [3.63, 3.8) is 0 Å². The number of halogens is 2. The van der Waals surface area contributed by atoms with Gasteiger partial charge in [0.2, 0.25) is 5.91 Å². The molecule has 7 nitrogen and oxygen atoms in total. The molecule has 2 aromatic carbocycles. The zero-order valence-electron chi connectivity index (χ0n) is 14.2. The molecule has 2 aromatic rings. The third-order valence-electron chi connectivity index (χ3n) is 3.55. The molecule has 0 saturated heterocycles. The van der Waals surface area contributed by atoms with E-state index >= 15 is 0 Å². The number of amides is 2. The molecule has 3 rings (SSSR count). The predicted octanol–water partition coefficient (Wildman–Crippen LogP) is 3.13. The first-order valence-corrected chi connectivity index (χ1v) is 8.98. The van der Waals surface area contributed by atoms with E-state index in [-0.39, 0.29) is 17.2 Å². The second kappa shape index (κ2) is 8.70. The largest absolute Gasteiger partial charge is 0.452 e. The minimum absolute atomic E-state index is 0.0444. The molecule has 0 saturated carbocycles. The Hall–Kier alpha value is -3.14. The van der Waals surface area contributed by atoms with E-state index < -0.39 is 25.1 Å². The topological polar surface area (TPSA) is 93.7 Å². The first-order valence-electron chi connectivity index (χ1n) is 7.99. The average Bonchev–Trinajstić information content (AvgIpc) is 2.66. The van der Waals surface area contributed by atoms with Crippen molar-refractivity contribution in [2.24, 2.45) is 0 Å². The molecule has 0 aliphatic carbocycles. The maximum atomic E-state index is 12.1. The van der Waals surface area contributed by atoms with Crippen LogP contribution in [-0.4, -0.2) is 36.8 Å². The van der Waals surface area contributed by atoms with Gasteiger partial charge in [0.05, 0.1) is 17.0 Å². The number of esters is 1. The smallest absolute Gasteiger partial charge is 0.387 e. The van der Waals surface area contributed by atoms with Crippen molar-refractivity contribution in [3.05, 3.63) is 48.0 Å². The van der Waals surface area contributed by atoms with Crippen LogP contribution in [0.2, 0.25) is 0 Å². The van der Waals surface area contributed by atoms with E-state index in [1.807, 2.05) is 0 Å². The number of nitrogens with one attached hydrogen (secondary N) is 2. The van der Waals surface area contributed by atoms with Crippen LogP contribution >= 0.6 is 11.8 Å². The van der Waals surface area contributed by atoms with E-state index in [1.165, 1.54) is 42.1 Å². The number of rotatable bonds is 6. The summed E-state index contributed by atoms with van der Waals surface area (Å²) in [5, 5.41) is 5.13. The van der Waals surface area contributed by atoms with Gasteiger partial charge < -0.3 is 20.1 Å². The molecule has 0 radical (unpaired) electrons. The van der Waals surface area contributed by atoms with Gasteiger partial charge >= 0.3 is 12.6 Å². The van der Waals surface area contributed by atoms with Crippen LogP contribution in [0.4, 0.5) is 20.2 Å². The maximum absolute atomic E-state index is 12.1. The van der Waals surface area contributed by atoms with E-state index in [4.69, 9.17) is 4.74 Å². The van der Waals surface area contributed by atoms with Gasteiger partial charge in [0, 0.05) is 10.6 Å². The van der Waals surface area contributed by atoms with Gasteiger partial charge in [-0.25, -0.2) is 4.79 Å². The van der Waals surface area contributed by atoms with Gasteiger partial charge in [0.25, 0.3) is 5.91 Å². The van der Waals surface area contributed by atoms with Crippen molar-refractivity contribution in [1.82, 2.24) is 0 Å². The number of alkyl halides is 2. The number of hydrogen-bond donors (Lipinski definition) is 2. The number of carbonyl (C=O) groups is 3. The lowest BCUT2D eigenvalue weighted by molar-refractivity contribution is -0.119. The number of benzene rings is 2. The monoisotopic (exact) mass is 408 g/mol. The van der Waals surface area contributed by atoms with Crippen molar-refractivity contribution in [3.8, 4) is 5.75 Å². The first-order chi connectivity index (χ1) is 13.4. The van der Waals surface area contributed by atoms with Crippen molar-refractivity contribution in [1.29, 1.82) is 0 Å². The molecule has 0 atom stereocenters. The van der Waals surface area contributed by atoms with Gasteiger partial charge in [-0.2, -0.15) is 8.78 Å². The average molecular weight is 408 g/mol. The molecule has 2 N–H and O–H groups in total. The minimum atomic E-state index is -2.93. The molecular weight excluding hydrogens is 394 g/mol. The lowest BCUT2D eigenvalue weighted by atomic mass is 10.2. The van der Waals surface area contributed by atoms with Crippen LogP contribution in [0.15, 0.2) is 47.4 Å². The summed E-state index contributed by atoms with van der Waals surface area (Å²) in [6, 6.07) is 10.0. The fourth-order valence-corrected chi connectivity index (χ4v) is 3.13. The van der Waals surface area contributed by atoms with E-state index in [0.717, 1.165) is 4.90 Å². The van der Waals surface area contributed by atoms with Crippen LogP contribution in [-0.2, 0) is 14.3 Å². The SMILES string of the molecule is O=C(COC(=O)c1ccc2c(c1)NC(=O)CS2)Nc1ccc(OC(F)F)cc1. The van der Waals surface area contributed by atoms with Crippen molar-refractivity contribution >= 4 is 40.9 Å². The summed E-state index contributed by atoms with van der Waals surface area (Å²) in [5.74, 6) is -1.21. The van der Waals surface area contributed by atoms with Crippen molar-refractivity contribution in [2.75, 3.05) is 23.0 Å². The third kappa shape index (κ3) is 5.19. The molecule has 10 heteroatoms. The number of fused-ring (bicyclic) bond motifs is 1. The number of ether oxygens (including phenoxy) is 2. The summed E-state index contributed by atoms with van der Waals surface area (Å²) in [6.45, 7) is -3.47. The van der Waals surface area contributed by atoms with E-state index in [9.17, 15) is 23.2 Å². The lowest BCUT2D eigenvalue weighted by Crippen LogP contribution is -2.22. The van der Waals surface area contributed by atoms with Crippen LogP contribution in [0, 0.1) is 0 Å². The highest BCUT2D eigenvalue weighted by Gasteiger charge is 2.18. The van der Waals surface area contributed by atoms with Gasteiger partial charge in [0.15, 0.2) is 6.61 Å². The molecule has 28 heavy (non-hydrogen) atoms. The van der Waals surface area contributed by atoms with Crippen LogP contribution < -0.4 is 15.4 Å². The standard InChI is InChI=1S/C18H14F2N2O5S/c19-18(20)27-12-4-2-11(3-5-12)21-15(23)8-26-17(25)10-1-6-14-13(7-10)22-16(24)9-28-14/h1-7,18H,8-9H2,(H,21,23)(H,22,24). The van der Waals surface area contributed by atoms with Gasteiger partial charge in [-0.3, -0.25) is 9.59 Å².